The van der Waals surface area contributed by atoms with Crippen molar-refractivity contribution in [3.63, 3.8) is 0 Å². The van der Waals surface area contributed by atoms with Gasteiger partial charge in [0.15, 0.2) is 0 Å². The molecule has 0 N–H and O–H groups in total. The van der Waals surface area contributed by atoms with Crippen LogP contribution in [0.5, 0.6) is 0 Å². The van der Waals surface area contributed by atoms with E-state index in [9.17, 15) is 8.78 Å². The van der Waals surface area contributed by atoms with Gasteiger partial charge in [-0.15, -0.1) is 0 Å². The third-order valence-corrected chi connectivity index (χ3v) is 4.67. The molecule has 9 heteroatoms. The number of ether oxygens (including phenoxy) is 1. The van der Waals surface area contributed by atoms with Gasteiger partial charge in [-0.25, -0.2) is 4.98 Å². The fourth-order valence-electron chi connectivity index (χ4n) is 3.35. The van der Waals surface area contributed by atoms with Crippen molar-refractivity contribution >= 4 is 11.0 Å². The van der Waals surface area contributed by atoms with E-state index in [1.807, 2.05) is 6.92 Å². The van der Waals surface area contributed by atoms with Gasteiger partial charge in [-0.2, -0.15) is 13.8 Å². The van der Waals surface area contributed by atoms with Crippen LogP contribution in [0.3, 0.4) is 0 Å². The van der Waals surface area contributed by atoms with Gasteiger partial charge in [0, 0.05) is 20.0 Å². The van der Waals surface area contributed by atoms with E-state index in [0.717, 1.165) is 4.57 Å². The minimum Gasteiger partial charge on any atom is -0.367 e. The Labute approximate surface area is 148 Å². The van der Waals surface area contributed by atoms with Crippen molar-refractivity contribution in [3.8, 4) is 0 Å². The Bertz CT molecular complexity index is 910. The number of hydrogen-bond acceptors (Lipinski definition) is 6. The van der Waals surface area contributed by atoms with Gasteiger partial charge in [-0.05, 0) is 19.1 Å². The first kappa shape index (κ1) is 17.0. The van der Waals surface area contributed by atoms with E-state index >= 15 is 0 Å². The Morgan fingerprint density at radius 2 is 2.04 bits per heavy atom. The lowest BCUT2D eigenvalue weighted by molar-refractivity contribution is -0.0507. The second kappa shape index (κ2) is 6.73. The maximum Gasteiger partial charge on any atom is 0.320 e. The molecule has 2 atom stereocenters. The number of imidazole rings is 1. The first-order chi connectivity index (χ1) is 12.5. The summed E-state index contributed by atoms with van der Waals surface area (Å²) in [5.41, 5.74) is 0.996. The van der Waals surface area contributed by atoms with Crippen molar-refractivity contribution in [1.29, 1.82) is 0 Å². The maximum absolute atomic E-state index is 13.7. The lowest BCUT2D eigenvalue weighted by Crippen LogP contribution is -2.41. The van der Waals surface area contributed by atoms with Gasteiger partial charge in [-0.1, -0.05) is 17.3 Å². The molecule has 0 radical (unpaired) electrons. The van der Waals surface area contributed by atoms with Gasteiger partial charge < -0.3 is 9.26 Å². The smallest absolute Gasteiger partial charge is 0.320 e. The summed E-state index contributed by atoms with van der Waals surface area (Å²) in [5.74, 6) is 1.28. The summed E-state index contributed by atoms with van der Waals surface area (Å²) in [5, 5.41) is 3.91. The molecule has 0 bridgehead atoms. The van der Waals surface area contributed by atoms with Crippen LogP contribution in [0.15, 0.2) is 28.8 Å². The molecule has 0 spiro atoms. The number of aryl methyl sites for hydroxylation is 1. The summed E-state index contributed by atoms with van der Waals surface area (Å²) in [7, 11) is 0. The third kappa shape index (κ3) is 2.97. The number of rotatable bonds is 4. The molecule has 0 saturated carbocycles. The van der Waals surface area contributed by atoms with Crippen LogP contribution in [0.2, 0.25) is 0 Å². The van der Waals surface area contributed by atoms with Gasteiger partial charge in [0.25, 0.3) is 0 Å². The average Bonchev–Trinajstić information content (AvgIpc) is 3.24. The minimum absolute atomic E-state index is 0.309. The lowest BCUT2D eigenvalue weighted by Gasteiger charge is -2.35. The predicted octanol–water partition coefficient (Wildman–Crippen LogP) is 3.26. The summed E-state index contributed by atoms with van der Waals surface area (Å²) in [6, 6.07) is 6.63. The van der Waals surface area contributed by atoms with Crippen LogP contribution < -0.4 is 0 Å². The molecule has 1 fully saturated rings. The third-order valence-electron chi connectivity index (χ3n) is 4.67. The standard InChI is InChI=1S/C17H19F2N5O2/c1-10(16-21-12-5-3-4-6-13(12)24(16)17(18)19)23-7-8-25-14(9-23)15-20-11(2)26-22-15/h3-6,10,14,17H,7-9H2,1-2H3/t10-,14+/m1/s1. The zero-order chi connectivity index (χ0) is 18.3. The number of aromatic nitrogens is 4. The van der Waals surface area contributed by atoms with Crippen LogP contribution >= 0.6 is 0 Å². The molecule has 1 aromatic carbocycles. The molecular weight excluding hydrogens is 344 g/mol. The second-order valence-corrected chi connectivity index (χ2v) is 6.31. The highest BCUT2D eigenvalue weighted by Crippen LogP contribution is 2.32. The van der Waals surface area contributed by atoms with Crippen molar-refractivity contribution in [2.24, 2.45) is 0 Å². The first-order valence-corrected chi connectivity index (χ1v) is 8.45. The normalized spacial score (nSPS) is 20.1. The van der Waals surface area contributed by atoms with E-state index in [1.54, 1.807) is 31.2 Å². The Kier molecular flexibility index (Phi) is 4.41. The van der Waals surface area contributed by atoms with Crippen molar-refractivity contribution in [2.75, 3.05) is 19.7 Å². The monoisotopic (exact) mass is 363 g/mol. The summed E-state index contributed by atoms with van der Waals surface area (Å²) in [6.45, 7) is 2.48. The van der Waals surface area contributed by atoms with Crippen molar-refractivity contribution in [1.82, 2.24) is 24.6 Å². The van der Waals surface area contributed by atoms with Crippen molar-refractivity contribution in [3.05, 3.63) is 41.8 Å². The topological polar surface area (TPSA) is 69.2 Å². The Hall–Kier alpha value is -2.39. The van der Waals surface area contributed by atoms with Crippen LogP contribution in [0.25, 0.3) is 11.0 Å². The van der Waals surface area contributed by atoms with E-state index in [-0.39, 0.29) is 12.1 Å². The van der Waals surface area contributed by atoms with E-state index in [2.05, 4.69) is 20.0 Å². The summed E-state index contributed by atoms with van der Waals surface area (Å²) in [6.07, 6.45) is -0.354. The van der Waals surface area contributed by atoms with Gasteiger partial charge in [-0.3, -0.25) is 9.47 Å². The molecule has 1 aliphatic rings. The molecule has 2 aromatic heterocycles. The zero-order valence-electron chi connectivity index (χ0n) is 14.5. The van der Waals surface area contributed by atoms with E-state index in [4.69, 9.17) is 9.26 Å². The number of benzene rings is 1. The fourth-order valence-corrected chi connectivity index (χ4v) is 3.35. The van der Waals surface area contributed by atoms with E-state index in [1.165, 1.54) is 0 Å². The zero-order valence-corrected chi connectivity index (χ0v) is 14.5. The highest BCUT2D eigenvalue weighted by Gasteiger charge is 2.32. The summed E-state index contributed by atoms with van der Waals surface area (Å²) in [4.78, 5) is 10.7. The average molecular weight is 363 g/mol. The molecule has 1 saturated heterocycles. The molecule has 3 heterocycles. The Morgan fingerprint density at radius 1 is 1.23 bits per heavy atom. The van der Waals surface area contributed by atoms with E-state index < -0.39 is 6.55 Å². The number of para-hydroxylation sites is 2. The Morgan fingerprint density at radius 3 is 2.77 bits per heavy atom. The Balaban J connectivity index is 1.64. The highest BCUT2D eigenvalue weighted by molar-refractivity contribution is 5.76. The van der Waals surface area contributed by atoms with Crippen LogP contribution in [-0.2, 0) is 4.74 Å². The van der Waals surface area contributed by atoms with Gasteiger partial charge >= 0.3 is 6.55 Å². The first-order valence-electron chi connectivity index (χ1n) is 8.45. The molecule has 3 aromatic rings. The van der Waals surface area contributed by atoms with Crippen LogP contribution in [0, 0.1) is 6.92 Å². The van der Waals surface area contributed by atoms with Gasteiger partial charge in [0.1, 0.15) is 11.9 Å². The molecule has 0 amide bonds. The molecule has 0 unspecified atom stereocenters. The maximum atomic E-state index is 13.7. The number of nitrogens with zero attached hydrogens (tertiary/aromatic N) is 5. The number of morpholine rings is 1. The molecule has 1 aliphatic heterocycles. The minimum atomic E-state index is -2.66. The fraction of sp³-hybridized carbons (Fsp3) is 0.471. The number of alkyl halides is 2. The van der Waals surface area contributed by atoms with Crippen molar-refractivity contribution in [2.45, 2.75) is 32.5 Å². The summed E-state index contributed by atoms with van der Waals surface area (Å²) >= 11 is 0. The number of fused-ring (bicyclic) bond motifs is 1. The molecule has 26 heavy (non-hydrogen) atoms. The summed E-state index contributed by atoms with van der Waals surface area (Å²) < 4.78 is 39.2. The highest BCUT2D eigenvalue weighted by atomic mass is 19.3. The quantitative estimate of drug-likeness (QED) is 0.709. The lowest BCUT2D eigenvalue weighted by atomic mass is 10.2. The SMILES string of the molecule is Cc1nc([C@@H]2CN([C@H](C)c3nc4ccccc4n3C(F)F)CCO2)no1. The van der Waals surface area contributed by atoms with Crippen LogP contribution in [0.1, 0.15) is 43.2 Å². The van der Waals surface area contributed by atoms with Crippen LogP contribution in [-0.4, -0.2) is 44.3 Å². The second-order valence-electron chi connectivity index (χ2n) is 6.31. The molecular formula is C17H19F2N5O2. The molecule has 0 aliphatic carbocycles. The number of halogens is 2. The molecule has 4 rings (SSSR count). The van der Waals surface area contributed by atoms with Gasteiger partial charge in [0.2, 0.25) is 11.7 Å². The molecule has 7 nitrogen and oxygen atoms in total. The van der Waals surface area contributed by atoms with Crippen LogP contribution in [0.4, 0.5) is 8.78 Å². The van der Waals surface area contributed by atoms with E-state index in [0.29, 0.717) is 48.3 Å². The van der Waals surface area contributed by atoms with Crippen molar-refractivity contribution < 1.29 is 18.0 Å². The number of hydrogen-bond donors (Lipinski definition) is 0. The van der Waals surface area contributed by atoms with Gasteiger partial charge in [0.05, 0.1) is 23.7 Å². The predicted molar refractivity (Wildman–Crippen MR) is 88.7 cm³/mol. The molecule has 138 valence electrons. The largest absolute Gasteiger partial charge is 0.367 e.